The van der Waals surface area contributed by atoms with Crippen LogP contribution < -0.4 is 9.62 Å². The molecule has 0 bridgehead atoms. The van der Waals surface area contributed by atoms with Gasteiger partial charge in [0.1, 0.15) is 12.6 Å². The molecule has 1 aliphatic carbocycles. The molecule has 1 saturated carbocycles. The molecule has 0 heterocycles. The molecule has 1 fully saturated rings. The predicted molar refractivity (Wildman–Crippen MR) is 162 cm³/mol. The minimum absolute atomic E-state index is 0.0917. The predicted octanol–water partition coefficient (Wildman–Crippen LogP) is 5.35. The zero-order valence-corrected chi connectivity index (χ0v) is 25.0. The summed E-state index contributed by atoms with van der Waals surface area (Å²) in [4.78, 5) is 28.8. The van der Waals surface area contributed by atoms with Crippen LogP contribution in [0.5, 0.6) is 0 Å². The number of rotatable bonds is 10. The van der Waals surface area contributed by atoms with Crippen LogP contribution in [-0.4, -0.2) is 43.8 Å². The SMILES string of the molecule is C[C@@H](C(=O)NC1CCCCC1)N(Cc1ccccc1)C(=O)CN(c1ccc(I)cc1)S(=O)(=O)c1ccccc1. The number of hydrogen-bond acceptors (Lipinski definition) is 4. The average molecular weight is 660 g/mol. The Hall–Kier alpha value is -2.92. The van der Waals surface area contributed by atoms with Crippen molar-refractivity contribution >= 4 is 50.1 Å². The quantitative estimate of drug-likeness (QED) is 0.298. The molecule has 0 aliphatic heterocycles. The van der Waals surface area contributed by atoms with Crippen LogP contribution in [0.25, 0.3) is 0 Å². The standard InChI is InChI=1S/C30H34IN3O4S/c1-23(30(36)32-26-13-7-3-8-14-26)33(21-24-11-5-2-6-12-24)29(35)22-34(27-19-17-25(31)18-20-27)39(37,38)28-15-9-4-10-16-28/h2,4-6,9-12,15-20,23,26H,3,7-8,13-14,21-22H2,1H3,(H,32,36)/t23-/m0/s1. The van der Waals surface area contributed by atoms with Gasteiger partial charge in [-0.05, 0) is 84.3 Å². The van der Waals surface area contributed by atoms with Crippen molar-refractivity contribution in [2.24, 2.45) is 0 Å². The number of sulfonamides is 1. The van der Waals surface area contributed by atoms with Gasteiger partial charge in [0, 0.05) is 16.2 Å². The summed E-state index contributed by atoms with van der Waals surface area (Å²) in [6, 6.07) is 23.8. The Labute approximate surface area is 244 Å². The molecule has 0 unspecified atom stereocenters. The van der Waals surface area contributed by atoms with Crippen LogP contribution in [0.3, 0.4) is 0 Å². The molecule has 2 amide bonds. The lowest BCUT2D eigenvalue weighted by Crippen LogP contribution is -2.53. The Bertz CT molecular complexity index is 1350. The zero-order valence-electron chi connectivity index (χ0n) is 22.0. The molecule has 1 aliphatic rings. The topological polar surface area (TPSA) is 86.8 Å². The highest BCUT2D eigenvalue weighted by Gasteiger charge is 2.33. The number of amides is 2. The van der Waals surface area contributed by atoms with Crippen LogP contribution in [0.4, 0.5) is 5.69 Å². The Balaban J connectivity index is 1.64. The van der Waals surface area contributed by atoms with Crippen molar-refractivity contribution in [3.05, 3.63) is 94.1 Å². The summed E-state index contributed by atoms with van der Waals surface area (Å²) in [6.45, 7) is 1.45. The van der Waals surface area contributed by atoms with E-state index >= 15 is 0 Å². The normalized spacial score (nSPS) is 14.8. The summed E-state index contributed by atoms with van der Waals surface area (Å²) >= 11 is 2.15. The second-order valence-corrected chi connectivity index (χ2v) is 12.9. The first-order valence-electron chi connectivity index (χ1n) is 13.2. The van der Waals surface area contributed by atoms with E-state index in [9.17, 15) is 18.0 Å². The maximum absolute atomic E-state index is 14.0. The van der Waals surface area contributed by atoms with Gasteiger partial charge in [0.05, 0.1) is 10.6 Å². The monoisotopic (exact) mass is 659 g/mol. The van der Waals surface area contributed by atoms with Gasteiger partial charge in [0.2, 0.25) is 11.8 Å². The van der Waals surface area contributed by atoms with Crippen LogP contribution in [-0.2, 0) is 26.2 Å². The van der Waals surface area contributed by atoms with Gasteiger partial charge in [-0.1, -0.05) is 67.8 Å². The van der Waals surface area contributed by atoms with Crippen LogP contribution in [0, 0.1) is 3.57 Å². The molecule has 3 aromatic rings. The molecule has 7 nitrogen and oxygen atoms in total. The number of hydrogen-bond donors (Lipinski definition) is 1. The number of nitrogens with zero attached hydrogens (tertiary/aromatic N) is 2. The fourth-order valence-electron chi connectivity index (χ4n) is 4.79. The van der Waals surface area contributed by atoms with E-state index in [1.807, 2.05) is 30.3 Å². The summed E-state index contributed by atoms with van der Waals surface area (Å²) in [5.41, 5.74) is 1.24. The molecule has 1 N–H and O–H groups in total. The smallest absolute Gasteiger partial charge is 0.264 e. The minimum Gasteiger partial charge on any atom is -0.352 e. The maximum Gasteiger partial charge on any atom is 0.264 e. The Morgan fingerprint density at radius 2 is 1.49 bits per heavy atom. The highest BCUT2D eigenvalue weighted by atomic mass is 127. The van der Waals surface area contributed by atoms with Crippen molar-refractivity contribution in [1.29, 1.82) is 0 Å². The van der Waals surface area contributed by atoms with E-state index in [-0.39, 0.29) is 23.4 Å². The van der Waals surface area contributed by atoms with Gasteiger partial charge in [-0.3, -0.25) is 13.9 Å². The molecular formula is C30H34IN3O4S. The Kier molecular flexibility index (Phi) is 10.0. The van der Waals surface area contributed by atoms with Gasteiger partial charge in [0.25, 0.3) is 10.0 Å². The molecular weight excluding hydrogens is 625 g/mol. The summed E-state index contributed by atoms with van der Waals surface area (Å²) in [5.74, 6) is -0.680. The summed E-state index contributed by atoms with van der Waals surface area (Å²) in [7, 11) is -4.05. The molecule has 0 saturated heterocycles. The van der Waals surface area contributed by atoms with Gasteiger partial charge >= 0.3 is 0 Å². The number of anilines is 1. The van der Waals surface area contributed by atoms with E-state index in [1.54, 1.807) is 49.4 Å². The van der Waals surface area contributed by atoms with Crippen molar-refractivity contribution in [2.75, 3.05) is 10.8 Å². The minimum atomic E-state index is -4.05. The fourth-order valence-corrected chi connectivity index (χ4v) is 6.58. The first kappa shape index (κ1) is 29.1. The molecule has 0 spiro atoms. The van der Waals surface area contributed by atoms with Gasteiger partial charge in [-0.2, -0.15) is 0 Å². The van der Waals surface area contributed by atoms with E-state index in [0.29, 0.717) is 5.69 Å². The van der Waals surface area contributed by atoms with Crippen molar-refractivity contribution in [2.45, 2.75) is 62.6 Å². The first-order chi connectivity index (χ1) is 18.8. The molecule has 3 aromatic carbocycles. The number of carbonyl (C=O) groups is 2. The first-order valence-corrected chi connectivity index (χ1v) is 15.7. The molecule has 39 heavy (non-hydrogen) atoms. The number of benzene rings is 3. The van der Waals surface area contributed by atoms with Crippen LogP contribution in [0.15, 0.2) is 89.8 Å². The van der Waals surface area contributed by atoms with Crippen molar-refractivity contribution in [3.8, 4) is 0 Å². The third-order valence-electron chi connectivity index (χ3n) is 7.04. The Morgan fingerprint density at radius 1 is 0.897 bits per heavy atom. The van der Waals surface area contributed by atoms with Crippen LogP contribution >= 0.6 is 22.6 Å². The lowest BCUT2D eigenvalue weighted by Gasteiger charge is -2.33. The zero-order chi connectivity index (χ0) is 27.8. The van der Waals surface area contributed by atoms with Gasteiger partial charge in [-0.15, -0.1) is 0 Å². The molecule has 0 radical (unpaired) electrons. The number of halogens is 1. The lowest BCUT2D eigenvalue weighted by atomic mass is 9.95. The third kappa shape index (κ3) is 7.60. The van der Waals surface area contributed by atoms with Gasteiger partial charge < -0.3 is 10.2 Å². The van der Waals surface area contributed by atoms with Gasteiger partial charge in [-0.25, -0.2) is 8.42 Å². The largest absolute Gasteiger partial charge is 0.352 e. The summed E-state index contributed by atoms with van der Waals surface area (Å²) in [6.07, 6.45) is 5.19. The second kappa shape index (κ2) is 13.4. The number of carbonyl (C=O) groups excluding carboxylic acids is 2. The van der Waals surface area contributed by atoms with E-state index in [0.717, 1.165) is 39.1 Å². The van der Waals surface area contributed by atoms with E-state index in [1.165, 1.54) is 23.5 Å². The highest BCUT2D eigenvalue weighted by molar-refractivity contribution is 14.1. The second-order valence-electron chi connectivity index (χ2n) is 9.83. The third-order valence-corrected chi connectivity index (χ3v) is 9.55. The molecule has 0 aromatic heterocycles. The lowest BCUT2D eigenvalue weighted by molar-refractivity contribution is -0.139. The van der Waals surface area contributed by atoms with Crippen molar-refractivity contribution in [3.63, 3.8) is 0 Å². The van der Waals surface area contributed by atoms with Crippen molar-refractivity contribution < 1.29 is 18.0 Å². The van der Waals surface area contributed by atoms with Crippen LogP contribution in [0.1, 0.15) is 44.6 Å². The Morgan fingerprint density at radius 3 is 2.10 bits per heavy atom. The summed E-state index contributed by atoms with van der Waals surface area (Å²) in [5, 5.41) is 3.12. The highest BCUT2D eigenvalue weighted by Crippen LogP contribution is 2.25. The van der Waals surface area contributed by atoms with E-state index in [2.05, 4.69) is 27.9 Å². The fraction of sp³-hybridized carbons (Fsp3) is 0.333. The molecule has 9 heteroatoms. The molecule has 206 valence electrons. The molecule has 4 rings (SSSR count). The van der Waals surface area contributed by atoms with E-state index in [4.69, 9.17) is 0 Å². The van der Waals surface area contributed by atoms with Gasteiger partial charge in [0.15, 0.2) is 0 Å². The number of nitrogens with one attached hydrogen (secondary N) is 1. The summed E-state index contributed by atoms with van der Waals surface area (Å²) < 4.78 is 29.6. The maximum atomic E-state index is 14.0. The van der Waals surface area contributed by atoms with Crippen molar-refractivity contribution in [1.82, 2.24) is 10.2 Å². The molecule has 1 atom stereocenters. The van der Waals surface area contributed by atoms with Crippen LogP contribution in [0.2, 0.25) is 0 Å². The van der Waals surface area contributed by atoms with E-state index < -0.39 is 28.5 Å². The average Bonchev–Trinajstić information content (AvgIpc) is 2.96.